The molecule has 0 bridgehead atoms. The zero-order valence-corrected chi connectivity index (χ0v) is 7.52. The van der Waals surface area contributed by atoms with Crippen molar-refractivity contribution in [3.05, 3.63) is 0 Å². The molecule has 1 heterocycles. The van der Waals surface area contributed by atoms with Gasteiger partial charge in [-0.3, -0.25) is 0 Å². The maximum Gasteiger partial charge on any atom is 0.0738 e. The van der Waals surface area contributed by atoms with Crippen molar-refractivity contribution in [2.75, 3.05) is 26.9 Å². The van der Waals surface area contributed by atoms with E-state index in [1.54, 1.807) is 7.05 Å². The third-order valence-electron chi connectivity index (χ3n) is 2.33. The Balaban J connectivity index is 2.32. The molecule has 1 rings (SSSR count). The molecule has 0 aromatic rings. The highest BCUT2D eigenvalue weighted by Gasteiger charge is 2.35. The average molecular weight is 159 g/mol. The third kappa shape index (κ3) is 2.15. The molecular weight excluding hydrogens is 142 g/mol. The summed E-state index contributed by atoms with van der Waals surface area (Å²) in [6.07, 6.45) is 0. The SMILES string of the molecule is CNOCC1COCC1(C)C. The first kappa shape index (κ1) is 8.97. The number of nitrogens with one attached hydrogen (secondary N) is 1. The number of hydroxylamine groups is 1. The fourth-order valence-corrected chi connectivity index (χ4v) is 1.27. The smallest absolute Gasteiger partial charge is 0.0738 e. The van der Waals surface area contributed by atoms with Crippen LogP contribution in [0, 0.1) is 11.3 Å². The van der Waals surface area contributed by atoms with Crippen molar-refractivity contribution in [2.45, 2.75) is 13.8 Å². The molecule has 1 N–H and O–H groups in total. The molecule has 1 saturated heterocycles. The second-order valence-corrected chi connectivity index (χ2v) is 3.72. The van der Waals surface area contributed by atoms with Crippen LogP contribution < -0.4 is 5.48 Å². The fraction of sp³-hybridized carbons (Fsp3) is 1.00. The Morgan fingerprint density at radius 2 is 2.36 bits per heavy atom. The maximum atomic E-state index is 5.36. The third-order valence-corrected chi connectivity index (χ3v) is 2.33. The summed E-state index contributed by atoms with van der Waals surface area (Å²) in [4.78, 5) is 5.12. The molecule has 0 aromatic carbocycles. The van der Waals surface area contributed by atoms with Gasteiger partial charge >= 0.3 is 0 Å². The van der Waals surface area contributed by atoms with Gasteiger partial charge in [0.1, 0.15) is 0 Å². The summed E-state index contributed by atoms with van der Waals surface area (Å²) < 4.78 is 5.36. The Labute approximate surface area is 68.0 Å². The van der Waals surface area contributed by atoms with Crippen LogP contribution in [-0.4, -0.2) is 26.9 Å². The Morgan fingerprint density at radius 3 is 2.82 bits per heavy atom. The van der Waals surface area contributed by atoms with Crippen molar-refractivity contribution in [2.24, 2.45) is 11.3 Å². The monoisotopic (exact) mass is 159 g/mol. The minimum atomic E-state index is 0.275. The van der Waals surface area contributed by atoms with Gasteiger partial charge in [-0.1, -0.05) is 13.8 Å². The molecule has 1 fully saturated rings. The van der Waals surface area contributed by atoms with Crippen LogP contribution in [0.25, 0.3) is 0 Å². The maximum absolute atomic E-state index is 5.36. The van der Waals surface area contributed by atoms with Crippen molar-refractivity contribution in [1.29, 1.82) is 0 Å². The molecule has 0 amide bonds. The standard InChI is InChI=1S/C8H17NO2/c1-8(2)6-10-4-7(8)5-11-9-3/h7,9H,4-6H2,1-3H3. The molecule has 3 heteroatoms. The number of rotatable bonds is 3. The van der Waals surface area contributed by atoms with Gasteiger partial charge in [-0.05, 0) is 5.41 Å². The van der Waals surface area contributed by atoms with Gasteiger partial charge in [0.25, 0.3) is 0 Å². The number of hydrogen-bond donors (Lipinski definition) is 1. The van der Waals surface area contributed by atoms with E-state index >= 15 is 0 Å². The summed E-state index contributed by atoms with van der Waals surface area (Å²) in [5, 5.41) is 0. The van der Waals surface area contributed by atoms with Crippen LogP contribution in [0.5, 0.6) is 0 Å². The van der Waals surface area contributed by atoms with E-state index in [2.05, 4.69) is 19.3 Å². The van der Waals surface area contributed by atoms with Crippen LogP contribution in [0.1, 0.15) is 13.8 Å². The molecular formula is C8H17NO2. The molecule has 1 unspecified atom stereocenters. The number of ether oxygens (including phenoxy) is 1. The molecule has 0 aliphatic carbocycles. The van der Waals surface area contributed by atoms with Crippen molar-refractivity contribution in [3.8, 4) is 0 Å². The molecule has 1 aliphatic heterocycles. The molecule has 1 atom stereocenters. The summed E-state index contributed by atoms with van der Waals surface area (Å²) in [5.41, 5.74) is 2.95. The Kier molecular flexibility index (Phi) is 2.87. The molecule has 1 aliphatic rings. The summed E-state index contributed by atoms with van der Waals surface area (Å²) in [7, 11) is 1.78. The largest absolute Gasteiger partial charge is 0.380 e. The minimum Gasteiger partial charge on any atom is -0.380 e. The molecule has 0 radical (unpaired) electrons. The van der Waals surface area contributed by atoms with Gasteiger partial charge in [0.05, 0.1) is 19.8 Å². The Bertz CT molecular complexity index is 125. The topological polar surface area (TPSA) is 30.5 Å². The van der Waals surface area contributed by atoms with E-state index in [-0.39, 0.29) is 5.41 Å². The van der Waals surface area contributed by atoms with Crippen molar-refractivity contribution in [1.82, 2.24) is 5.48 Å². The van der Waals surface area contributed by atoms with Gasteiger partial charge in [0.15, 0.2) is 0 Å². The van der Waals surface area contributed by atoms with Crippen molar-refractivity contribution >= 4 is 0 Å². The lowest BCUT2D eigenvalue weighted by atomic mass is 9.83. The van der Waals surface area contributed by atoms with Gasteiger partial charge in [-0.15, -0.1) is 0 Å². The summed E-state index contributed by atoms with van der Waals surface area (Å²) in [6, 6.07) is 0. The lowest BCUT2D eigenvalue weighted by Gasteiger charge is -2.23. The molecule has 0 aromatic heterocycles. The van der Waals surface area contributed by atoms with Crippen LogP contribution in [0.2, 0.25) is 0 Å². The van der Waals surface area contributed by atoms with E-state index in [1.807, 2.05) is 0 Å². The second kappa shape index (κ2) is 3.52. The first-order valence-corrected chi connectivity index (χ1v) is 4.03. The van der Waals surface area contributed by atoms with Gasteiger partial charge in [0.2, 0.25) is 0 Å². The van der Waals surface area contributed by atoms with E-state index in [4.69, 9.17) is 9.57 Å². The Morgan fingerprint density at radius 1 is 1.64 bits per heavy atom. The van der Waals surface area contributed by atoms with E-state index in [0.29, 0.717) is 5.92 Å². The molecule has 0 saturated carbocycles. The second-order valence-electron chi connectivity index (χ2n) is 3.72. The molecule has 0 spiro atoms. The molecule has 3 nitrogen and oxygen atoms in total. The normalized spacial score (nSPS) is 29.2. The van der Waals surface area contributed by atoms with E-state index in [0.717, 1.165) is 19.8 Å². The van der Waals surface area contributed by atoms with Gasteiger partial charge < -0.3 is 9.57 Å². The average Bonchev–Trinajstić information content (AvgIpc) is 2.25. The summed E-state index contributed by atoms with van der Waals surface area (Å²) in [6.45, 7) is 6.84. The zero-order valence-electron chi connectivity index (χ0n) is 7.52. The van der Waals surface area contributed by atoms with E-state index in [1.165, 1.54) is 0 Å². The predicted molar refractivity (Wildman–Crippen MR) is 43.1 cm³/mol. The molecule has 11 heavy (non-hydrogen) atoms. The summed E-state index contributed by atoms with van der Waals surface area (Å²) >= 11 is 0. The van der Waals surface area contributed by atoms with E-state index in [9.17, 15) is 0 Å². The first-order valence-electron chi connectivity index (χ1n) is 4.03. The van der Waals surface area contributed by atoms with Gasteiger partial charge in [-0.25, -0.2) is 5.48 Å². The highest BCUT2D eigenvalue weighted by molar-refractivity contribution is 4.82. The fourth-order valence-electron chi connectivity index (χ4n) is 1.27. The lowest BCUT2D eigenvalue weighted by molar-refractivity contribution is 0.0121. The van der Waals surface area contributed by atoms with E-state index < -0.39 is 0 Å². The zero-order chi connectivity index (χ0) is 8.32. The number of hydrogen-bond acceptors (Lipinski definition) is 3. The van der Waals surface area contributed by atoms with Gasteiger partial charge in [-0.2, -0.15) is 0 Å². The van der Waals surface area contributed by atoms with Crippen LogP contribution in [-0.2, 0) is 9.57 Å². The molecule has 66 valence electrons. The minimum absolute atomic E-state index is 0.275. The van der Waals surface area contributed by atoms with Crippen molar-refractivity contribution in [3.63, 3.8) is 0 Å². The van der Waals surface area contributed by atoms with Crippen LogP contribution in [0.3, 0.4) is 0 Å². The first-order chi connectivity index (χ1) is 5.17. The van der Waals surface area contributed by atoms with Crippen LogP contribution in [0.4, 0.5) is 0 Å². The quantitative estimate of drug-likeness (QED) is 0.618. The highest BCUT2D eigenvalue weighted by atomic mass is 16.6. The van der Waals surface area contributed by atoms with Crippen LogP contribution >= 0.6 is 0 Å². The van der Waals surface area contributed by atoms with Crippen LogP contribution in [0.15, 0.2) is 0 Å². The summed E-state index contributed by atoms with van der Waals surface area (Å²) in [5.74, 6) is 0.523. The lowest BCUT2D eigenvalue weighted by Crippen LogP contribution is -2.28. The van der Waals surface area contributed by atoms with Gasteiger partial charge in [0, 0.05) is 13.0 Å². The highest BCUT2D eigenvalue weighted by Crippen LogP contribution is 2.32. The predicted octanol–water partition coefficient (Wildman–Crippen LogP) is 0.810. The van der Waals surface area contributed by atoms with Crippen molar-refractivity contribution < 1.29 is 9.57 Å². The Hall–Kier alpha value is -0.120.